The topological polar surface area (TPSA) is 30.7 Å². The van der Waals surface area contributed by atoms with Crippen molar-refractivity contribution in [3.8, 4) is 0 Å². The summed E-state index contributed by atoms with van der Waals surface area (Å²) in [4.78, 5) is 4.41. The van der Waals surface area contributed by atoms with Crippen LogP contribution in [-0.2, 0) is 0 Å². The van der Waals surface area contributed by atoms with Crippen LogP contribution >= 0.6 is 0 Å². The summed E-state index contributed by atoms with van der Waals surface area (Å²) in [7, 11) is 0. The predicted molar refractivity (Wildman–Crippen MR) is 87.8 cm³/mol. The number of rotatable bonds is 4. The monoisotopic (exact) mass is 395 g/mol. The Labute approximate surface area is 133 Å². The van der Waals surface area contributed by atoms with Gasteiger partial charge < -0.3 is 0 Å². The van der Waals surface area contributed by atoms with Gasteiger partial charge >= 0.3 is 133 Å². The van der Waals surface area contributed by atoms with Crippen LogP contribution in [0.4, 0.5) is 0 Å². The zero-order valence-electron chi connectivity index (χ0n) is 13.2. The van der Waals surface area contributed by atoms with Gasteiger partial charge in [-0.15, -0.1) is 0 Å². The number of nitrogens with zero attached hydrogens (tertiary/aromatic N) is 3. The molecule has 0 unspecified atom stereocenters. The molecule has 3 aliphatic rings. The Kier molecular flexibility index (Phi) is 4.29. The van der Waals surface area contributed by atoms with Crippen molar-refractivity contribution < 1.29 is 0 Å². The van der Waals surface area contributed by atoms with E-state index in [-0.39, 0.29) is 0 Å². The fourth-order valence-corrected chi connectivity index (χ4v) is 27.9. The molecule has 3 fully saturated rings. The van der Waals surface area contributed by atoms with Gasteiger partial charge in [0.25, 0.3) is 0 Å². The fraction of sp³-hybridized carbons (Fsp3) is 0.882. The molecule has 0 atom stereocenters. The molecule has 4 heteroatoms. The summed E-state index contributed by atoms with van der Waals surface area (Å²) in [5, 5.41) is 4.82. The normalized spacial score (nSPS) is 26.1. The molecule has 21 heavy (non-hydrogen) atoms. The minimum atomic E-state index is -2.54. The molecule has 0 saturated heterocycles. The Morgan fingerprint density at radius 3 is 1.48 bits per heavy atom. The number of hydrogen-bond donors (Lipinski definition) is 0. The van der Waals surface area contributed by atoms with Crippen LogP contribution in [0.2, 0.25) is 11.8 Å². The molecule has 0 N–H and O–H groups in total. The van der Waals surface area contributed by atoms with Crippen LogP contribution in [0.5, 0.6) is 0 Å². The first-order valence-corrected chi connectivity index (χ1v) is 15.5. The second-order valence-electron chi connectivity index (χ2n) is 7.67. The summed E-state index contributed by atoms with van der Waals surface area (Å²) in [5.41, 5.74) is 0. The average molecular weight is 394 g/mol. The van der Waals surface area contributed by atoms with E-state index in [1.165, 1.54) is 77.0 Å². The van der Waals surface area contributed by atoms with Crippen LogP contribution in [0.1, 0.15) is 77.0 Å². The molecule has 0 amide bonds. The van der Waals surface area contributed by atoms with Crippen molar-refractivity contribution in [1.82, 2.24) is 13.0 Å². The van der Waals surface area contributed by atoms with E-state index >= 15 is 0 Å². The van der Waals surface area contributed by atoms with Gasteiger partial charge in [0.2, 0.25) is 0 Å². The summed E-state index contributed by atoms with van der Waals surface area (Å²) >= 11 is -2.54. The second kappa shape index (κ2) is 6.21. The van der Waals surface area contributed by atoms with Crippen molar-refractivity contribution >= 4 is 18.7 Å². The first kappa shape index (κ1) is 14.5. The van der Waals surface area contributed by atoms with Gasteiger partial charge in [0.15, 0.2) is 0 Å². The molecule has 1 aromatic rings. The first-order valence-electron chi connectivity index (χ1n) is 9.27. The van der Waals surface area contributed by atoms with Crippen LogP contribution in [0, 0.1) is 0 Å². The molecule has 0 aliphatic heterocycles. The zero-order valence-corrected chi connectivity index (χ0v) is 16.1. The molecule has 0 spiro atoms. The van der Waals surface area contributed by atoms with E-state index in [0.29, 0.717) is 0 Å². The van der Waals surface area contributed by atoms with Gasteiger partial charge in [0.05, 0.1) is 0 Å². The molecular weight excluding hydrogens is 365 g/mol. The van der Waals surface area contributed by atoms with E-state index in [1.54, 1.807) is 0 Å². The summed E-state index contributed by atoms with van der Waals surface area (Å²) in [6, 6.07) is 0. The number of hydrogen-bond acceptors (Lipinski definition) is 2. The number of aromatic nitrogens is 3. The molecule has 0 bridgehead atoms. The van der Waals surface area contributed by atoms with Crippen molar-refractivity contribution in [2.45, 2.75) is 88.9 Å². The van der Waals surface area contributed by atoms with Crippen LogP contribution in [0.3, 0.4) is 0 Å². The van der Waals surface area contributed by atoms with Crippen molar-refractivity contribution in [1.29, 1.82) is 0 Å². The van der Waals surface area contributed by atoms with Crippen molar-refractivity contribution in [2.75, 3.05) is 0 Å². The van der Waals surface area contributed by atoms with E-state index in [2.05, 4.69) is 14.2 Å². The fourth-order valence-electron chi connectivity index (χ4n) is 6.13. The van der Waals surface area contributed by atoms with E-state index < -0.39 is 18.7 Å². The molecule has 116 valence electrons. The molecule has 0 aromatic carbocycles. The summed E-state index contributed by atoms with van der Waals surface area (Å²) < 4.78 is 5.75. The third-order valence-corrected chi connectivity index (χ3v) is 25.9. The molecule has 0 radical (unpaired) electrons. The summed E-state index contributed by atoms with van der Waals surface area (Å²) in [6.07, 6.45) is 22.0. The molecule has 1 heterocycles. The molecule has 3 saturated carbocycles. The predicted octanol–water partition coefficient (Wildman–Crippen LogP) is 4.90. The van der Waals surface area contributed by atoms with Crippen LogP contribution in [0.15, 0.2) is 12.7 Å². The van der Waals surface area contributed by atoms with Crippen molar-refractivity contribution in [3.05, 3.63) is 12.7 Å². The van der Waals surface area contributed by atoms with Crippen LogP contribution in [0.25, 0.3) is 0 Å². The van der Waals surface area contributed by atoms with Gasteiger partial charge in [-0.3, -0.25) is 0 Å². The van der Waals surface area contributed by atoms with E-state index in [9.17, 15) is 0 Å². The Morgan fingerprint density at radius 2 is 1.14 bits per heavy atom. The SMILES string of the molecule is c1nc[n]([Sn]([CH]2CCCC2)([CH]2CCCC2)[CH]2CCCC2)n1. The Morgan fingerprint density at radius 1 is 0.714 bits per heavy atom. The van der Waals surface area contributed by atoms with Gasteiger partial charge in [-0.05, 0) is 0 Å². The van der Waals surface area contributed by atoms with Crippen molar-refractivity contribution in [3.63, 3.8) is 0 Å². The average Bonchev–Trinajstić information content (AvgIpc) is 3.32. The van der Waals surface area contributed by atoms with Crippen molar-refractivity contribution in [2.24, 2.45) is 0 Å². The van der Waals surface area contributed by atoms with Gasteiger partial charge in [-0.1, -0.05) is 0 Å². The molecule has 4 rings (SSSR count). The van der Waals surface area contributed by atoms with Gasteiger partial charge in [-0.25, -0.2) is 0 Å². The van der Waals surface area contributed by atoms with E-state index in [0.717, 1.165) is 11.8 Å². The van der Waals surface area contributed by atoms with Crippen LogP contribution < -0.4 is 0 Å². The van der Waals surface area contributed by atoms with Gasteiger partial charge in [0, 0.05) is 0 Å². The molecule has 3 nitrogen and oxygen atoms in total. The molecule has 1 aromatic heterocycles. The molecule has 3 aliphatic carbocycles. The minimum absolute atomic E-state index is 1.06. The maximum atomic E-state index is 4.82. The third-order valence-electron chi connectivity index (χ3n) is 6.84. The first-order chi connectivity index (χ1) is 10.4. The van der Waals surface area contributed by atoms with Gasteiger partial charge in [-0.2, -0.15) is 0 Å². The maximum absolute atomic E-state index is 4.82. The summed E-state index contributed by atoms with van der Waals surface area (Å²) in [5.74, 6) is 0. The van der Waals surface area contributed by atoms with E-state index in [1.807, 2.05) is 6.33 Å². The summed E-state index contributed by atoms with van der Waals surface area (Å²) in [6.45, 7) is 0. The van der Waals surface area contributed by atoms with Gasteiger partial charge in [0.1, 0.15) is 0 Å². The Hall–Kier alpha value is -0.0613. The standard InChI is InChI=1S/3C5H9.C2H2N3.Sn/c3*1-2-4-5-3-1;1-3-2-5-4-1;/h3*1H,2-5H2;1-2H;/q;;;-1;+1. The van der Waals surface area contributed by atoms with E-state index in [4.69, 9.17) is 5.10 Å². The zero-order chi connectivity index (χ0) is 14.1. The Bertz CT molecular complexity index is 400. The molecular formula is C17H29N3Sn. The Balaban J connectivity index is 1.80. The van der Waals surface area contributed by atoms with Crippen LogP contribution in [-0.4, -0.2) is 31.6 Å². The quantitative estimate of drug-likeness (QED) is 0.680. The second-order valence-corrected chi connectivity index (χ2v) is 21.0. The third kappa shape index (κ3) is 2.38.